The van der Waals surface area contributed by atoms with Crippen LogP contribution >= 0.6 is 0 Å². The minimum absolute atomic E-state index is 0.00788. The summed E-state index contributed by atoms with van der Waals surface area (Å²) in [6.07, 6.45) is 2.68. The molecule has 1 fully saturated rings. The van der Waals surface area contributed by atoms with E-state index in [9.17, 15) is 8.42 Å². The van der Waals surface area contributed by atoms with Gasteiger partial charge in [0.1, 0.15) is 4.90 Å². The number of anilines is 1. The summed E-state index contributed by atoms with van der Waals surface area (Å²) in [5, 5.41) is 1.59. The molecule has 1 aromatic rings. The Morgan fingerprint density at radius 2 is 2.12 bits per heavy atom. The smallest absolute Gasteiger partial charge is 0.257 e. The van der Waals surface area contributed by atoms with Crippen LogP contribution in [0.15, 0.2) is 23.4 Å². The summed E-state index contributed by atoms with van der Waals surface area (Å²) >= 11 is 0. The van der Waals surface area contributed by atoms with Crippen molar-refractivity contribution in [2.75, 3.05) is 32.0 Å². The van der Waals surface area contributed by atoms with E-state index < -0.39 is 10.0 Å². The van der Waals surface area contributed by atoms with Crippen molar-refractivity contribution in [3.8, 4) is 0 Å². The summed E-state index contributed by atoms with van der Waals surface area (Å²) in [6.45, 7) is 2.04. The monoisotopic (exact) mass is 258 g/mol. The lowest BCUT2D eigenvalue weighted by Gasteiger charge is -2.26. The fourth-order valence-corrected chi connectivity index (χ4v) is 2.69. The van der Waals surface area contributed by atoms with E-state index in [1.807, 2.05) is 0 Å². The van der Waals surface area contributed by atoms with E-state index >= 15 is 0 Å². The number of hydrazine groups is 1. The van der Waals surface area contributed by atoms with Crippen LogP contribution in [0.5, 0.6) is 0 Å². The number of nitrogen functional groups attached to an aromatic ring is 1. The van der Waals surface area contributed by atoms with E-state index in [1.165, 1.54) is 18.5 Å². The van der Waals surface area contributed by atoms with Gasteiger partial charge in [-0.1, -0.05) is 0 Å². The molecule has 0 bridgehead atoms. The third-order valence-electron chi connectivity index (χ3n) is 2.37. The zero-order valence-corrected chi connectivity index (χ0v) is 9.98. The molecule has 1 saturated heterocycles. The minimum atomic E-state index is -3.66. The molecule has 17 heavy (non-hydrogen) atoms. The van der Waals surface area contributed by atoms with E-state index in [4.69, 9.17) is 10.5 Å². The summed E-state index contributed by atoms with van der Waals surface area (Å²) in [5.74, 6) is 0. The fraction of sp³-hybridized carbons (Fsp3) is 0.444. The molecule has 0 radical (unpaired) electrons. The predicted octanol–water partition coefficient (Wildman–Crippen LogP) is -0.811. The Kier molecular flexibility index (Phi) is 3.57. The maximum atomic E-state index is 12.0. The normalized spacial score (nSPS) is 18.1. The number of ether oxygens (including phenoxy) is 1. The number of rotatable bonds is 3. The SMILES string of the molecule is Nc1ccncc1S(=O)(=O)NN1CCOCC1. The molecular formula is C9H14N4O3S. The van der Waals surface area contributed by atoms with Crippen molar-refractivity contribution in [3.63, 3.8) is 0 Å². The molecule has 8 heteroatoms. The van der Waals surface area contributed by atoms with Crippen molar-refractivity contribution >= 4 is 15.7 Å². The molecule has 0 amide bonds. The van der Waals surface area contributed by atoms with Gasteiger partial charge in [-0.2, -0.15) is 0 Å². The first-order chi connectivity index (χ1) is 8.09. The first-order valence-corrected chi connectivity index (χ1v) is 6.62. The van der Waals surface area contributed by atoms with E-state index in [0.29, 0.717) is 26.3 Å². The van der Waals surface area contributed by atoms with Gasteiger partial charge < -0.3 is 10.5 Å². The number of hydrogen-bond donors (Lipinski definition) is 2. The Morgan fingerprint density at radius 1 is 1.41 bits per heavy atom. The van der Waals surface area contributed by atoms with Crippen LogP contribution in [0.3, 0.4) is 0 Å². The second-order valence-corrected chi connectivity index (χ2v) is 5.24. The topological polar surface area (TPSA) is 97.5 Å². The van der Waals surface area contributed by atoms with Gasteiger partial charge in [0, 0.05) is 25.5 Å². The predicted molar refractivity (Wildman–Crippen MR) is 61.4 cm³/mol. The lowest BCUT2D eigenvalue weighted by molar-refractivity contribution is 0.0272. The Morgan fingerprint density at radius 3 is 2.76 bits per heavy atom. The van der Waals surface area contributed by atoms with Gasteiger partial charge in [-0.3, -0.25) is 4.98 Å². The summed E-state index contributed by atoms with van der Waals surface area (Å²) in [7, 11) is -3.66. The van der Waals surface area contributed by atoms with Crippen LogP contribution in [-0.4, -0.2) is 44.7 Å². The van der Waals surface area contributed by atoms with E-state index in [1.54, 1.807) is 5.01 Å². The van der Waals surface area contributed by atoms with Crippen LogP contribution in [0.2, 0.25) is 0 Å². The van der Waals surface area contributed by atoms with Crippen LogP contribution in [0, 0.1) is 0 Å². The molecule has 0 aliphatic carbocycles. The molecule has 7 nitrogen and oxygen atoms in total. The number of nitrogens with two attached hydrogens (primary N) is 1. The second-order valence-electron chi connectivity index (χ2n) is 3.61. The Bertz CT molecular complexity index is 485. The molecular weight excluding hydrogens is 244 g/mol. The van der Waals surface area contributed by atoms with Crippen molar-refractivity contribution in [3.05, 3.63) is 18.5 Å². The molecule has 1 aliphatic rings. The van der Waals surface area contributed by atoms with Crippen molar-refractivity contribution in [1.29, 1.82) is 0 Å². The largest absolute Gasteiger partial charge is 0.398 e. The van der Waals surface area contributed by atoms with Crippen LogP contribution in [0.1, 0.15) is 0 Å². The molecule has 1 aromatic heterocycles. The highest BCUT2D eigenvalue weighted by Gasteiger charge is 2.22. The molecule has 2 rings (SSSR count). The van der Waals surface area contributed by atoms with Crippen LogP contribution in [0.4, 0.5) is 5.69 Å². The molecule has 1 aliphatic heterocycles. The number of aromatic nitrogens is 1. The maximum Gasteiger partial charge on any atom is 0.257 e. The van der Waals surface area contributed by atoms with Gasteiger partial charge in [0.05, 0.1) is 18.9 Å². The van der Waals surface area contributed by atoms with Crippen molar-refractivity contribution in [1.82, 2.24) is 14.8 Å². The first-order valence-electron chi connectivity index (χ1n) is 5.14. The van der Waals surface area contributed by atoms with E-state index in [-0.39, 0.29) is 10.6 Å². The molecule has 3 N–H and O–H groups in total. The Labute approximate surface area is 99.6 Å². The number of nitrogens with one attached hydrogen (secondary N) is 1. The highest BCUT2D eigenvalue weighted by atomic mass is 32.2. The summed E-state index contributed by atoms with van der Waals surface area (Å²) < 4.78 is 29.1. The van der Waals surface area contributed by atoms with Crippen LogP contribution in [0.25, 0.3) is 0 Å². The maximum absolute atomic E-state index is 12.0. The average Bonchev–Trinajstić information content (AvgIpc) is 2.30. The Balaban J connectivity index is 2.16. The summed E-state index contributed by atoms with van der Waals surface area (Å²) in [6, 6.07) is 1.45. The van der Waals surface area contributed by atoms with Gasteiger partial charge in [0.25, 0.3) is 10.0 Å². The molecule has 0 unspecified atom stereocenters. The highest BCUT2D eigenvalue weighted by molar-refractivity contribution is 7.89. The van der Waals surface area contributed by atoms with Crippen molar-refractivity contribution < 1.29 is 13.2 Å². The number of hydrogen-bond acceptors (Lipinski definition) is 6. The highest BCUT2D eigenvalue weighted by Crippen LogP contribution is 2.15. The van der Waals surface area contributed by atoms with Crippen LogP contribution in [-0.2, 0) is 14.8 Å². The van der Waals surface area contributed by atoms with Crippen molar-refractivity contribution in [2.45, 2.75) is 4.90 Å². The van der Waals surface area contributed by atoms with Gasteiger partial charge in [-0.15, -0.1) is 4.83 Å². The molecule has 94 valence electrons. The van der Waals surface area contributed by atoms with Gasteiger partial charge in [-0.25, -0.2) is 13.4 Å². The minimum Gasteiger partial charge on any atom is -0.398 e. The van der Waals surface area contributed by atoms with Gasteiger partial charge in [-0.05, 0) is 6.07 Å². The molecule has 0 spiro atoms. The zero-order valence-electron chi connectivity index (χ0n) is 9.17. The second kappa shape index (κ2) is 4.96. The summed E-state index contributed by atoms with van der Waals surface area (Å²) in [5.41, 5.74) is 5.79. The third-order valence-corrected chi connectivity index (χ3v) is 3.79. The summed E-state index contributed by atoms with van der Waals surface area (Å²) in [4.78, 5) is 6.21. The number of sulfonamides is 1. The van der Waals surface area contributed by atoms with Gasteiger partial charge >= 0.3 is 0 Å². The number of pyridine rings is 1. The van der Waals surface area contributed by atoms with E-state index in [0.717, 1.165) is 0 Å². The lowest BCUT2D eigenvalue weighted by Crippen LogP contribution is -2.48. The number of nitrogens with zero attached hydrogens (tertiary/aromatic N) is 2. The van der Waals surface area contributed by atoms with E-state index in [2.05, 4.69) is 9.82 Å². The van der Waals surface area contributed by atoms with Gasteiger partial charge in [0.2, 0.25) is 0 Å². The van der Waals surface area contributed by atoms with Crippen LogP contribution < -0.4 is 10.6 Å². The molecule has 2 heterocycles. The van der Waals surface area contributed by atoms with Gasteiger partial charge in [0.15, 0.2) is 0 Å². The first kappa shape index (κ1) is 12.2. The zero-order chi connectivity index (χ0) is 12.3. The standard InChI is InChI=1S/C9H14N4O3S/c10-8-1-2-11-7-9(8)17(14,15)12-13-3-5-16-6-4-13/h1-2,7,12H,3-6H2,(H2,10,11). The number of morpholine rings is 1. The Hall–Kier alpha value is -1.22. The van der Waals surface area contributed by atoms with Crippen molar-refractivity contribution in [2.24, 2.45) is 0 Å². The molecule has 0 aromatic carbocycles. The molecule has 0 atom stereocenters. The average molecular weight is 258 g/mol. The molecule has 0 saturated carbocycles. The lowest BCUT2D eigenvalue weighted by atomic mass is 10.4. The quantitative estimate of drug-likeness (QED) is 0.736. The fourth-order valence-electron chi connectivity index (χ4n) is 1.49. The third kappa shape index (κ3) is 2.91.